The number of hydrogen-bond donors (Lipinski definition) is 4. The Kier molecular flexibility index (Phi) is 9.41. The van der Waals surface area contributed by atoms with E-state index in [2.05, 4.69) is 16.0 Å². The summed E-state index contributed by atoms with van der Waals surface area (Å²) < 4.78 is 0. The van der Waals surface area contributed by atoms with E-state index in [0.29, 0.717) is 16.7 Å². The summed E-state index contributed by atoms with van der Waals surface area (Å²) in [4.78, 5) is 33.9. The largest absolute Gasteiger partial charge is 0.507 e. The molecule has 1 aromatic rings. The smallest absolute Gasteiger partial charge is 0.235 e. The number of halogens is 3. The zero-order valence-corrected chi connectivity index (χ0v) is 15.5. The molecular formula is C15H18Cl3N3O4. The molecule has 0 unspecified atom stereocenters. The zero-order chi connectivity index (χ0) is 18.8. The molecule has 4 N–H and O–H groups in total. The first-order valence-electron chi connectivity index (χ1n) is 7.22. The molecule has 1 aromatic carbocycles. The second-order valence-electron chi connectivity index (χ2n) is 4.99. The molecule has 25 heavy (non-hydrogen) atoms. The van der Waals surface area contributed by atoms with Crippen LogP contribution in [0.2, 0.25) is 0 Å². The number of carbonyl (C=O) groups excluding carboxylic acids is 3. The molecule has 0 radical (unpaired) electrons. The second-order valence-corrected chi connectivity index (χ2v) is 5.80. The quantitative estimate of drug-likeness (QED) is 0.455. The Morgan fingerprint density at radius 3 is 1.48 bits per heavy atom. The minimum absolute atomic E-state index is 0.0468. The molecule has 10 heteroatoms. The molecule has 0 bridgehead atoms. The number of rotatable bonds is 9. The van der Waals surface area contributed by atoms with E-state index in [1.54, 1.807) is 12.1 Å². The Balaban J connectivity index is 3.00. The highest BCUT2D eigenvalue weighted by Crippen LogP contribution is 2.25. The lowest BCUT2D eigenvalue weighted by Gasteiger charge is -2.14. The number of benzene rings is 1. The molecule has 0 aliphatic rings. The Morgan fingerprint density at radius 2 is 1.12 bits per heavy atom. The van der Waals surface area contributed by atoms with Crippen LogP contribution in [0.4, 0.5) is 0 Å². The maximum absolute atomic E-state index is 11.3. The van der Waals surface area contributed by atoms with Gasteiger partial charge in [-0.2, -0.15) is 0 Å². The van der Waals surface area contributed by atoms with Gasteiger partial charge < -0.3 is 21.1 Å². The number of nitrogens with one attached hydrogen (secondary N) is 3. The highest BCUT2D eigenvalue weighted by atomic mass is 35.5. The molecule has 0 saturated carbocycles. The van der Waals surface area contributed by atoms with Crippen LogP contribution >= 0.6 is 34.8 Å². The maximum Gasteiger partial charge on any atom is 0.235 e. The van der Waals surface area contributed by atoms with Gasteiger partial charge in [-0.05, 0) is 17.7 Å². The average Bonchev–Trinajstić information content (AvgIpc) is 2.63. The standard InChI is InChI=1S/C15H18Cl3N3O4/c16-3-12(22)19-6-9-1-10(7-20-13(23)4-17)15(25)11(2-9)8-21-14(24)5-18/h1-2,25H,3-8H2,(H,19,22)(H,20,23)(H,21,24). The number of phenols is 1. The minimum Gasteiger partial charge on any atom is -0.507 e. The van der Waals surface area contributed by atoms with Crippen molar-refractivity contribution in [1.29, 1.82) is 0 Å². The van der Waals surface area contributed by atoms with Crippen molar-refractivity contribution >= 4 is 52.5 Å². The van der Waals surface area contributed by atoms with Crippen molar-refractivity contribution in [3.8, 4) is 5.75 Å². The number of hydrogen-bond acceptors (Lipinski definition) is 4. The highest BCUT2D eigenvalue weighted by Gasteiger charge is 2.13. The molecule has 0 atom stereocenters. The lowest BCUT2D eigenvalue weighted by Crippen LogP contribution is -2.26. The van der Waals surface area contributed by atoms with E-state index in [4.69, 9.17) is 34.8 Å². The van der Waals surface area contributed by atoms with Gasteiger partial charge >= 0.3 is 0 Å². The fourth-order valence-electron chi connectivity index (χ4n) is 1.93. The summed E-state index contributed by atoms with van der Waals surface area (Å²) >= 11 is 16.3. The summed E-state index contributed by atoms with van der Waals surface area (Å²) in [7, 11) is 0. The molecule has 0 heterocycles. The topological polar surface area (TPSA) is 108 Å². The molecule has 7 nitrogen and oxygen atoms in total. The van der Waals surface area contributed by atoms with E-state index in [1.165, 1.54) is 0 Å². The van der Waals surface area contributed by atoms with Gasteiger partial charge in [0.25, 0.3) is 0 Å². The molecule has 138 valence electrons. The fourth-order valence-corrected chi connectivity index (χ4v) is 2.22. The van der Waals surface area contributed by atoms with Gasteiger partial charge in [0.15, 0.2) is 0 Å². The summed E-state index contributed by atoms with van der Waals surface area (Å²) in [5, 5.41) is 18.0. The van der Waals surface area contributed by atoms with Crippen LogP contribution in [-0.4, -0.2) is 40.5 Å². The van der Waals surface area contributed by atoms with Crippen LogP contribution in [0.5, 0.6) is 5.75 Å². The van der Waals surface area contributed by atoms with E-state index in [9.17, 15) is 19.5 Å². The van der Waals surface area contributed by atoms with Gasteiger partial charge in [0.1, 0.15) is 23.4 Å². The molecule has 0 aliphatic carbocycles. The van der Waals surface area contributed by atoms with Crippen LogP contribution < -0.4 is 16.0 Å². The highest BCUT2D eigenvalue weighted by molar-refractivity contribution is 6.27. The van der Waals surface area contributed by atoms with Crippen molar-refractivity contribution in [2.24, 2.45) is 0 Å². The SMILES string of the molecule is O=C(CCl)NCc1cc(CNC(=O)CCl)c(O)c(CNC(=O)CCl)c1. The Morgan fingerprint density at radius 1 is 0.760 bits per heavy atom. The van der Waals surface area contributed by atoms with Crippen molar-refractivity contribution in [1.82, 2.24) is 16.0 Å². The van der Waals surface area contributed by atoms with E-state index in [0.717, 1.165) is 0 Å². The van der Waals surface area contributed by atoms with Crippen molar-refractivity contribution in [2.75, 3.05) is 17.6 Å². The van der Waals surface area contributed by atoms with Gasteiger partial charge in [-0.1, -0.05) is 0 Å². The fraction of sp³-hybridized carbons (Fsp3) is 0.400. The summed E-state index contributed by atoms with van der Waals surface area (Å²) in [6.45, 7) is 0.273. The van der Waals surface area contributed by atoms with Gasteiger partial charge in [-0.15, -0.1) is 34.8 Å². The van der Waals surface area contributed by atoms with E-state index in [-0.39, 0.29) is 60.7 Å². The number of amides is 3. The van der Waals surface area contributed by atoms with E-state index >= 15 is 0 Å². The van der Waals surface area contributed by atoms with Gasteiger partial charge in [-0.25, -0.2) is 0 Å². The molecule has 0 spiro atoms. The van der Waals surface area contributed by atoms with Gasteiger partial charge in [0.2, 0.25) is 17.7 Å². The molecule has 1 rings (SSSR count). The summed E-state index contributed by atoms with van der Waals surface area (Å²) in [6.07, 6.45) is 0. The zero-order valence-electron chi connectivity index (χ0n) is 13.2. The van der Waals surface area contributed by atoms with E-state index in [1.807, 2.05) is 0 Å². The second kappa shape index (κ2) is 11.0. The normalized spacial score (nSPS) is 10.2. The molecule has 0 saturated heterocycles. The Labute approximate surface area is 160 Å². The number of alkyl halides is 3. The summed E-state index contributed by atoms with van der Waals surface area (Å²) in [5.74, 6) is -1.77. The van der Waals surface area contributed by atoms with Crippen molar-refractivity contribution < 1.29 is 19.5 Å². The molecular weight excluding hydrogens is 393 g/mol. The van der Waals surface area contributed by atoms with Crippen LogP contribution in [0, 0.1) is 0 Å². The van der Waals surface area contributed by atoms with Crippen LogP contribution in [0.1, 0.15) is 16.7 Å². The van der Waals surface area contributed by atoms with Gasteiger partial charge in [-0.3, -0.25) is 14.4 Å². The number of phenolic OH excluding ortho intramolecular Hbond substituents is 1. The maximum atomic E-state index is 11.3. The Bertz CT molecular complexity index is 599. The molecule has 0 aliphatic heterocycles. The average molecular weight is 411 g/mol. The third kappa shape index (κ3) is 7.37. The van der Waals surface area contributed by atoms with Gasteiger partial charge in [0, 0.05) is 30.8 Å². The first kappa shape index (κ1) is 21.3. The first-order valence-corrected chi connectivity index (χ1v) is 8.83. The van der Waals surface area contributed by atoms with Crippen molar-refractivity contribution in [3.05, 3.63) is 28.8 Å². The third-order valence-electron chi connectivity index (χ3n) is 3.13. The third-order valence-corrected chi connectivity index (χ3v) is 3.86. The van der Waals surface area contributed by atoms with Crippen molar-refractivity contribution in [2.45, 2.75) is 19.6 Å². The van der Waals surface area contributed by atoms with E-state index < -0.39 is 0 Å². The lowest BCUT2D eigenvalue weighted by atomic mass is 10.0. The van der Waals surface area contributed by atoms with Crippen LogP contribution in [0.3, 0.4) is 0 Å². The minimum atomic E-state index is -0.390. The number of aromatic hydroxyl groups is 1. The first-order chi connectivity index (χ1) is 11.9. The van der Waals surface area contributed by atoms with Crippen LogP contribution in [0.15, 0.2) is 12.1 Å². The predicted molar refractivity (Wildman–Crippen MR) is 95.8 cm³/mol. The lowest BCUT2D eigenvalue weighted by molar-refractivity contribution is -0.119. The summed E-state index contributed by atoms with van der Waals surface area (Å²) in [5.41, 5.74) is 1.51. The van der Waals surface area contributed by atoms with Crippen LogP contribution in [0.25, 0.3) is 0 Å². The van der Waals surface area contributed by atoms with Gasteiger partial charge in [0.05, 0.1) is 0 Å². The Hall–Kier alpha value is -1.70. The molecule has 0 aromatic heterocycles. The summed E-state index contributed by atoms with van der Waals surface area (Å²) in [6, 6.07) is 3.26. The molecule has 3 amide bonds. The predicted octanol–water partition coefficient (Wildman–Crippen LogP) is 0.957. The van der Waals surface area contributed by atoms with Crippen LogP contribution in [-0.2, 0) is 34.0 Å². The number of carbonyl (C=O) groups is 3. The van der Waals surface area contributed by atoms with Crippen molar-refractivity contribution in [3.63, 3.8) is 0 Å². The monoisotopic (exact) mass is 409 g/mol. The molecule has 0 fully saturated rings.